The zero-order chi connectivity index (χ0) is 18.7. The third-order valence-electron chi connectivity index (χ3n) is 4.04. The second-order valence-electron chi connectivity index (χ2n) is 6.41. The van der Waals surface area contributed by atoms with Gasteiger partial charge in [0, 0.05) is 49.4 Å². The minimum absolute atomic E-state index is 0.0655. The van der Waals surface area contributed by atoms with E-state index in [1.165, 1.54) is 0 Å². The van der Waals surface area contributed by atoms with Crippen LogP contribution < -0.4 is 10.2 Å². The predicted molar refractivity (Wildman–Crippen MR) is 106 cm³/mol. The normalized spacial score (nSPS) is 10.8. The number of carbonyl (C=O) groups is 1. The first-order valence-corrected chi connectivity index (χ1v) is 9.35. The molecule has 26 heavy (non-hydrogen) atoms. The molecule has 0 aliphatic heterocycles. The van der Waals surface area contributed by atoms with E-state index in [0.29, 0.717) is 18.5 Å². The quantitative estimate of drug-likeness (QED) is 0.726. The zero-order valence-electron chi connectivity index (χ0n) is 15.5. The summed E-state index contributed by atoms with van der Waals surface area (Å²) in [7, 11) is 3.95. The maximum absolute atomic E-state index is 12.2. The predicted octanol–water partition coefficient (Wildman–Crippen LogP) is 2.98. The van der Waals surface area contributed by atoms with Gasteiger partial charge in [-0.25, -0.2) is 9.67 Å². The van der Waals surface area contributed by atoms with Gasteiger partial charge in [-0.05, 0) is 44.2 Å². The van der Waals surface area contributed by atoms with Crippen molar-refractivity contribution in [3.63, 3.8) is 0 Å². The Bertz CT molecular complexity index is 895. The molecule has 0 atom stereocenters. The molecular weight excluding hydrogens is 346 g/mol. The van der Waals surface area contributed by atoms with Gasteiger partial charge in [0.2, 0.25) is 5.13 Å². The van der Waals surface area contributed by atoms with E-state index in [9.17, 15) is 4.79 Å². The van der Waals surface area contributed by atoms with Gasteiger partial charge in [-0.2, -0.15) is 5.10 Å². The number of carbonyl (C=O) groups excluding carboxylic acids is 1. The maximum atomic E-state index is 12.2. The number of thiazole rings is 1. The highest BCUT2D eigenvalue weighted by atomic mass is 32.1. The SMILES string of the molecule is Cc1cc(C)n(-c2nc(CCNC(=O)c3ccc(N(C)C)cc3)cs2)n1. The molecule has 0 fully saturated rings. The van der Waals surface area contributed by atoms with E-state index in [1.54, 1.807) is 11.3 Å². The molecule has 3 rings (SSSR count). The number of anilines is 1. The largest absolute Gasteiger partial charge is 0.378 e. The van der Waals surface area contributed by atoms with Crippen LogP contribution in [0.4, 0.5) is 5.69 Å². The van der Waals surface area contributed by atoms with Gasteiger partial charge in [-0.3, -0.25) is 4.79 Å². The van der Waals surface area contributed by atoms with Crippen LogP contribution >= 0.6 is 11.3 Å². The first-order valence-electron chi connectivity index (χ1n) is 8.47. The highest BCUT2D eigenvalue weighted by Crippen LogP contribution is 2.17. The average molecular weight is 369 g/mol. The van der Waals surface area contributed by atoms with E-state index in [4.69, 9.17) is 0 Å². The van der Waals surface area contributed by atoms with Crippen LogP contribution in [-0.2, 0) is 6.42 Å². The van der Waals surface area contributed by atoms with Crippen molar-refractivity contribution < 1.29 is 4.79 Å². The van der Waals surface area contributed by atoms with Crippen LogP contribution in [0.15, 0.2) is 35.7 Å². The molecule has 1 amide bonds. The van der Waals surface area contributed by atoms with E-state index in [2.05, 4.69) is 15.4 Å². The molecule has 0 saturated heterocycles. The monoisotopic (exact) mass is 369 g/mol. The number of hydrogen-bond acceptors (Lipinski definition) is 5. The number of nitrogens with zero attached hydrogens (tertiary/aromatic N) is 4. The molecule has 136 valence electrons. The lowest BCUT2D eigenvalue weighted by Crippen LogP contribution is -2.25. The minimum Gasteiger partial charge on any atom is -0.378 e. The van der Waals surface area contributed by atoms with Gasteiger partial charge < -0.3 is 10.2 Å². The van der Waals surface area contributed by atoms with Gasteiger partial charge in [-0.1, -0.05) is 0 Å². The highest BCUT2D eigenvalue weighted by Gasteiger charge is 2.10. The van der Waals surface area contributed by atoms with E-state index in [0.717, 1.165) is 27.9 Å². The Kier molecular flexibility index (Phi) is 5.37. The molecule has 0 unspecified atom stereocenters. The molecule has 7 heteroatoms. The number of amides is 1. The van der Waals surface area contributed by atoms with Crippen LogP contribution in [0.3, 0.4) is 0 Å². The summed E-state index contributed by atoms with van der Waals surface area (Å²) in [6.45, 7) is 4.54. The number of rotatable bonds is 6. The summed E-state index contributed by atoms with van der Waals surface area (Å²) in [4.78, 5) is 18.9. The van der Waals surface area contributed by atoms with Gasteiger partial charge in [0.15, 0.2) is 0 Å². The Labute approximate surface area is 157 Å². The van der Waals surface area contributed by atoms with E-state index < -0.39 is 0 Å². The summed E-state index contributed by atoms with van der Waals surface area (Å²) < 4.78 is 1.86. The van der Waals surface area contributed by atoms with Crippen LogP contribution in [-0.4, -0.2) is 41.3 Å². The van der Waals surface area contributed by atoms with E-state index >= 15 is 0 Å². The van der Waals surface area contributed by atoms with Crippen molar-refractivity contribution in [1.29, 1.82) is 0 Å². The van der Waals surface area contributed by atoms with Gasteiger partial charge in [0.05, 0.1) is 11.4 Å². The van der Waals surface area contributed by atoms with Crippen molar-refractivity contribution in [2.75, 3.05) is 25.5 Å². The first kappa shape index (κ1) is 18.1. The van der Waals surface area contributed by atoms with Gasteiger partial charge in [-0.15, -0.1) is 11.3 Å². The molecule has 1 aromatic carbocycles. The Morgan fingerprint density at radius 2 is 1.96 bits per heavy atom. The first-order chi connectivity index (χ1) is 12.4. The van der Waals surface area contributed by atoms with Crippen LogP contribution in [0.1, 0.15) is 27.4 Å². The summed E-state index contributed by atoms with van der Waals surface area (Å²) in [5.41, 5.74) is 4.74. The third kappa shape index (κ3) is 4.11. The molecule has 6 nitrogen and oxygen atoms in total. The summed E-state index contributed by atoms with van der Waals surface area (Å²) in [5, 5.41) is 10.3. The number of aromatic nitrogens is 3. The van der Waals surface area contributed by atoms with E-state index in [-0.39, 0.29) is 5.91 Å². The number of aryl methyl sites for hydroxylation is 2. The summed E-state index contributed by atoms with van der Waals surface area (Å²) in [5.74, 6) is -0.0655. The second-order valence-corrected chi connectivity index (χ2v) is 7.24. The third-order valence-corrected chi connectivity index (χ3v) is 4.91. The lowest BCUT2D eigenvalue weighted by Gasteiger charge is -2.12. The fourth-order valence-electron chi connectivity index (χ4n) is 2.65. The van der Waals surface area contributed by atoms with Gasteiger partial charge in [0.25, 0.3) is 5.91 Å². The molecule has 0 aliphatic rings. The van der Waals surface area contributed by atoms with Crippen molar-refractivity contribution in [1.82, 2.24) is 20.1 Å². The minimum atomic E-state index is -0.0655. The lowest BCUT2D eigenvalue weighted by molar-refractivity contribution is 0.0954. The van der Waals surface area contributed by atoms with Gasteiger partial charge in [0.1, 0.15) is 0 Å². The molecule has 0 spiro atoms. The van der Waals surface area contributed by atoms with Crippen LogP contribution in [0.25, 0.3) is 5.13 Å². The molecule has 0 radical (unpaired) electrons. The molecule has 3 aromatic rings. The molecule has 1 N–H and O–H groups in total. The Morgan fingerprint density at radius 3 is 2.58 bits per heavy atom. The number of nitrogens with one attached hydrogen (secondary N) is 1. The maximum Gasteiger partial charge on any atom is 0.251 e. The average Bonchev–Trinajstić information content (AvgIpc) is 3.20. The number of hydrogen-bond donors (Lipinski definition) is 1. The Hall–Kier alpha value is -2.67. The van der Waals surface area contributed by atoms with Crippen LogP contribution in [0.2, 0.25) is 0 Å². The molecule has 0 aliphatic carbocycles. The van der Waals surface area contributed by atoms with Crippen molar-refractivity contribution in [2.24, 2.45) is 0 Å². The van der Waals surface area contributed by atoms with Crippen molar-refractivity contribution in [2.45, 2.75) is 20.3 Å². The standard InChI is InChI=1S/C19H23N5OS/c1-13-11-14(2)24(22-13)19-21-16(12-26-19)9-10-20-18(25)15-5-7-17(8-6-15)23(3)4/h5-8,11-12H,9-10H2,1-4H3,(H,20,25). The highest BCUT2D eigenvalue weighted by molar-refractivity contribution is 7.12. The van der Waals surface area contributed by atoms with Gasteiger partial charge >= 0.3 is 0 Å². The lowest BCUT2D eigenvalue weighted by atomic mass is 10.2. The Balaban J connectivity index is 1.55. The van der Waals surface area contributed by atoms with Crippen molar-refractivity contribution >= 4 is 22.9 Å². The smallest absolute Gasteiger partial charge is 0.251 e. The Morgan fingerprint density at radius 1 is 1.23 bits per heavy atom. The fourth-order valence-corrected chi connectivity index (χ4v) is 3.51. The molecule has 0 saturated carbocycles. The van der Waals surface area contributed by atoms with E-state index in [1.807, 2.05) is 73.2 Å². The van der Waals surface area contributed by atoms with Crippen molar-refractivity contribution in [3.05, 3.63) is 58.4 Å². The van der Waals surface area contributed by atoms with Crippen LogP contribution in [0, 0.1) is 13.8 Å². The molecule has 2 aromatic heterocycles. The summed E-state index contributed by atoms with van der Waals surface area (Å²) in [6.07, 6.45) is 0.692. The molecule has 2 heterocycles. The topological polar surface area (TPSA) is 63.1 Å². The summed E-state index contributed by atoms with van der Waals surface area (Å²) >= 11 is 1.56. The molecule has 0 bridgehead atoms. The summed E-state index contributed by atoms with van der Waals surface area (Å²) in [6, 6.07) is 9.60. The van der Waals surface area contributed by atoms with Crippen LogP contribution in [0.5, 0.6) is 0 Å². The molecular formula is C19H23N5OS. The van der Waals surface area contributed by atoms with Crippen molar-refractivity contribution in [3.8, 4) is 5.13 Å². The zero-order valence-corrected chi connectivity index (χ0v) is 16.3. The second kappa shape index (κ2) is 7.70. The fraction of sp³-hybridized carbons (Fsp3) is 0.316. The number of benzene rings is 1.